The Morgan fingerprint density at radius 2 is 2.04 bits per heavy atom. The smallest absolute Gasteiger partial charge is 0.349 e. The van der Waals surface area contributed by atoms with Crippen molar-refractivity contribution in [3.8, 4) is 0 Å². The number of thiophene rings is 1. The molecular weight excluding hydrogens is 352 g/mol. The summed E-state index contributed by atoms with van der Waals surface area (Å²) in [6, 6.07) is 7.83. The minimum atomic E-state index is -4.01. The van der Waals surface area contributed by atoms with Gasteiger partial charge in [-0.1, -0.05) is 12.1 Å². The lowest BCUT2D eigenvalue weighted by atomic mass is 10.2. The van der Waals surface area contributed by atoms with Gasteiger partial charge in [-0.15, -0.1) is 11.3 Å². The molecule has 0 fully saturated rings. The van der Waals surface area contributed by atoms with E-state index >= 15 is 0 Å². The topological polar surface area (TPSA) is 92.8 Å². The molecule has 2 heterocycles. The lowest BCUT2D eigenvalue weighted by Gasteiger charge is -2.23. The van der Waals surface area contributed by atoms with Gasteiger partial charge < -0.3 is 10.1 Å². The molecule has 0 unspecified atom stereocenters. The summed E-state index contributed by atoms with van der Waals surface area (Å²) in [7, 11) is -2.82. The maximum atomic E-state index is 13.1. The van der Waals surface area contributed by atoms with Crippen molar-refractivity contribution in [3.05, 3.63) is 46.2 Å². The van der Waals surface area contributed by atoms with Gasteiger partial charge in [0.2, 0.25) is 0 Å². The molecule has 126 valence electrons. The van der Waals surface area contributed by atoms with Crippen molar-refractivity contribution < 1.29 is 22.7 Å². The molecule has 0 saturated carbocycles. The molecule has 0 saturated heterocycles. The molecular formula is C15H14N2O5S2. The molecule has 2 aromatic rings. The number of hydrogen-bond acceptors (Lipinski definition) is 6. The zero-order chi connectivity index (χ0) is 17.3. The molecule has 3 rings (SSSR count). The normalized spacial score (nSPS) is 14.5. The summed E-state index contributed by atoms with van der Waals surface area (Å²) in [5, 5.41) is 4.18. The summed E-state index contributed by atoms with van der Waals surface area (Å²) < 4.78 is 32.0. The molecule has 0 aliphatic carbocycles. The van der Waals surface area contributed by atoms with Crippen LogP contribution in [0.4, 0.5) is 5.69 Å². The number of ether oxygens (including phenoxy) is 1. The van der Waals surface area contributed by atoms with Crippen LogP contribution in [0.1, 0.15) is 20.0 Å². The van der Waals surface area contributed by atoms with E-state index in [4.69, 9.17) is 0 Å². The molecule has 1 aromatic heterocycles. The van der Waals surface area contributed by atoms with Crippen molar-refractivity contribution in [2.45, 2.75) is 4.90 Å². The summed E-state index contributed by atoms with van der Waals surface area (Å²) in [6.07, 6.45) is 0. The Morgan fingerprint density at radius 3 is 2.79 bits per heavy atom. The maximum absolute atomic E-state index is 13.1. The van der Waals surface area contributed by atoms with E-state index in [2.05, 4.69) is 10.1 Å². The van der Waals surface area contributed by atoms with Gasteiger partial charge in [-0.05, 0) is 23.6 Å². The fraction of sp³-hybridized carbons (Fsp3) is 0.200. The molecule has 1 N–H and O–H groups in total. The molecule has 1 aromatic carbocycles. The van der Waals surface area contributed by atoms with Crippen LogP contribution in [-0.4, -0.2) is 40.5 Å². The van der Waals surface area contributed by atoms with Crippen LogP contribution < -0.4 is 9.62 Å². The number of nitrogens with zero attached hydrogens (tertiary/aromatic N) is 1. The monoisotopic (exact) mass is 366 g/mol. The number of methoxy groups -OCH3 is 1. The number of fused-ring (bicyclic) bond motifs is 1. The minimum absolute atomic E-state index is 0.0125. The van der Waals surface area contributed by atoms with Gasteiger partial charge in [0.05, 0.1) is 24.9 Å². The van der Waals surface area contributed by atoms with E-state index in [9.17, 15) is 18.0 Å². The molecule has 1 aliphatic heterocycles. The fourth-order valence-electron chi connectivity index (χ4n) is 2.48. The van der Waals surface area contributed by atoms with E-state index in [0.717, 1.165) is 15.6 Å². The van der Waals surface area contributed by atoms with Gasteiger partial charge in [0.1, 0.15) is 9.77 Å². The third kappa shape index (κ3) is 2.65. The summed E-state index contributed by atoms with van der Waals surface area (Å²) in [5.41, 5.74) is 0.558. The number of hydrogen-bond donors (Lipinski definition) is 1. The van der Waals surface area contributed by atoms with E-state index in [-0.39, 0.29) is 40.0 Å². The number of rotatable bonds is 3. The Morgan fingerprint density at radius 1 is 1.29 bits per heavy atom. The number of benzene rings is 1. The van der Waals surface area contributed by atoms with E-state index in [1.807, 2.05) is 0 Å². The quantitative estimate of drug-likeness (QED) is 0.831. The minimum Gasteiger partial charge on any atom is -0.465 e. The fourth-order valence-corrected chi connectivity index (χ4v) is 5.28. The highest BCUT2D eigenvalue weighted by molar-refractivity contribution is 7.93. The summed E-state index contributed by atoms with van der Waals surface area (Å²) in [5.74, 6) is -1.04. The molecule has 7 nitrogen and oxygen atoms in total. The number of amides is 1. The first-order chi connectivity index (χ1) is 11.5. The first kappa shape index (κ1) is 16.5. The molecule has 1 amide bonds. The Labute approximate surface area is 142 Å². The number of carbonyl (C=O) groups is 2. The molecule has 0 bridgehead atoms. The predicted octanol–water partition coefficient (Wildman–Crippen LogP) is 1.47. The van der Waals surface area contributed by atoms with Crippen molar-refractivity contribution >= 4 is 38.9 Å². The van der Waals surface area contributed by atoms with Crippen molar-refractivity contribution in [1.82, 2.24) is 5.32 Å². The lowest BCUT2D eigenvalue weighted by molar-refractivity contribution is 0.0602. The maximum Gasteiger partial charge on any atom is 0.349 e. The van der Waals surface area contributed by atoms with Gasteiger partial charge in [-0.3, -0.25) is 9.10 Å². The van der Waals surface area contributed by atoms with Gasteiger partial charge >= 0.3 is 5.97 Å². The van der Waals surface area contributed by atoms with E-state index < -0.39 is 16.0 Å². The zero-order valence-corrected chi connectivity index (χ0v) is 14.3. The summed E-state index contributed by atoms with van der Waals surface area (Å²) >= 11 is 0.997. The lowest BCUT2D eigenvalue weighted by Crippen LogP contribution is -2.35. The average molecular weight is 366 g/mol. The van der Waals surface area contributed by atoms with E-state index in [1.54, 1.807) is 24.3 Å². The van der Waals surface area contributed by atoms with Crippen LogP contribution >= 0.6 is 11.3 Å². The number of sulfonamides is 1. The van der Waals surface area contributed by atoms with Crippen LogP contribution in [0, 0.1) is 0 Å². The zero-order valence-electron chi connectivity index (χ0n) is 12.7. The van der Waals surface area contributed by atoms with E-state index in [1.165, 1.54) is 18.6 Å². The number of carbonyl (C=O) groups excluding carboxylic acids is 2. The first-order valence-electron chi connectivity index (χ1n) is 7.02. The second kappa shape index (κ2) is 6.25. The number of anilines is 1. The Hall–Kier alpha value is -2.39. The summed E-state index contributed by atoms with van der Waals surface area (Å²) in [4.78, 5) is 23.8. The first-order valence-corrected chi connectivity index (χ1v) is 9.34. The number of para-hydroxylation sites is 1. The Kier molecular flexibility index (Phi) is 4.29. The van der Waals surface area contributed by atoms with Crippen LogP contribution in [0.25, 0.3) is 0 Å². The summed E-state index contributed by atoms with van der Waals surface area (Å²) in [6.45, 7) is 0.242. The van der Waals surface area contributed by atoms with E-state index in [0.29, 0.717) is 0 Å². The van der Waals surface area contributed by atoms with Crippen LogP contribution in [0.15, 0.2) is 40.6 Å². The van der Waals surface area contributed by atoms with Gasteiger partial charge in [0.15, 0.2) is 0 Å². The predicted molar refractivity (Wildman–Crippen MR) is 89.0 cm³/mol. The largest absolute Gasteiger partial charge is 0.465 e. The van der Waals surface area contributed by atoms with Crippen molar-refractivity contribution in [1.29, 1.82) is 0 Å². The van der Waals surface area contributed by atoms with Gasteiger partial charge in [0.25, 0.3) is 15.9 Å². The third-order valence-corrected chi connectivity index (χ3v) is 6.46. The van der Waals surface area contributed by atoms with Crippen molar-refractivity contribution in [2.75, 3.05) is 24.5 Å². The Bertz CT molecular complexity index is 904. The molecule has 0 spiro atoms. The highest BCUT2D eigenvalue weighted by Gasteiger charge is 2.34. The SMILES string of the molecule is COC(=O)c1sccc1S(=O)(=O)N1CCNC(=O)c2ccccc21. The number of esters is 1. The molecule has 1 aliphatic rings. The van der Waals surface area contributed by atoms with Crippen molar-refractivity contribution in [2.24, 2.45) is 0 Å². The van der Waals surface area contributed by atoms with Gasteiger partial charge in [-0.25, -0.2) is 13.2 Å². The highest BCUT2D eigenvalue weighted by Crippen LogP contribution is 2.31. The van der Waals surface area contributed by atoms with Crippen LogP contribution in [0.3, 0.4) is 0 Å². The van der Waals surface area contributed by atoms with Crippen LogP contribution in [-0.2, 0) is 14.8 Å². The standard InChI is InChI=1S/C15H14N2O5S2/c1-22-15(19)13-12(6-9-23-13)24(20,21)17-8-7-16-14(18)10-4-2-3-5-11(10)17/h2-6,9H,7-8H2,1H3,(H,16,18). The van der Waals surface area contributed by atoms with Crippen LogP contribution in [0.2, 0.25) is 0 Å². The van der Waals surface area contributed by atoms with Crippen LogP contribution in [0.5, 0.6) is 0 Å². The number of nitrogens with one attached hydrogen (secondary N) is 1. The van der Waals surface area contributed by atoms with Crippen molar-refractivity contribution in [3.63, 3.8) is 0 Å². The third-order valence-electron chi connectivity index (χ3n) is 3.59. The van der Waals surface area contributed by atoms with Gasteiger partial charge in [0, 0.05) is 6.54 Å². The highest BCUT2D eigenvalue weighted by atomic mass is 32.2. The Balaban J connectivity index is 2.14. The second-order valence-corrected chi connectivity index (χ2v) is 7.70. The van der Waals surface area contributed by atoms with Gasteiger partial charge in [-0.2, -0.15) is 0 Å². The molecule has 0 radical (unpaired) electrons. The average Bonchev–Trinajstić information content (AvgIpc) is 3.02. The molecule has 0 atom stereocenters. The molecule has 9 heteroatoms. The second-order valence-electron chi connectivity index (χ2n) is 4.96. The molecule has 24 heavy (non-hydrogen) atoms.